The summed E-state index contributed by atoms with van der Waals surface area (Å²) in [7, 11) is 0. The molecule has 1 aliphatic rings. The number of thiazole rings is 1. The van der Waals surface area contributed by atoms with E-state index in [1.807, 2.05) is 38.1 Å². The summed E-state index contributed by atoms with van der Waals surface area (Å²) < 4.78 is 7.63. The maximum absolute atomic E-state index is 13.1. The smallest absolute Gasteiger partial charge is 0.211 e. The van der Waals surface area contributed by atoms with Crippen LogP contribution in [0.15, 0.2) is 41.1 Å². The van der Waals surface area contributed by atoms with E-state index in [9.17, 15) is 10.1 Å². The van der Waals surface area contributed by atoms with Crippen molar-refractivity contribution in [2.75, 3.05) is 0 Å². The van der Waals surface area contributed by atoms with Gasteiger partial charge in [0.1, 0.15) is 17.7 Å². The van der Waals surface area contributed by atoms with E-state index in [2.05, 4.69) is 21.3 Å². The highest BCUT2D eigenvalue weighted by Gasteiger charge is 2.45. The van der Waals surface area contributed by atoms with E-state index in [1.54, 1.807) is 10.7 Å². The summed E-state index contributed by atoms with van der Waals surface area (Å²) in [4.78, 5) is 17.7. The number of hydrogen-bond acceptors (Lipinski definition) is 7. The number of Topliss-reactive ketones (excluding diaryl/α,β-unsaturated/α-hetero) is 1. The SMILES string of the molecule is CC1(C)CC(=O)c2c(-c3ccon3)nn(-c3nc4ccccc4s3)c2C1C#N. The Morgan fingerprint density at radius 3 is 2.86 bits per heavy atom. The van der Waals surface area contributed by atoms with Gasteiger partial charge >= 0.3 is 0 Å². The fourth-order valence-corrected chi connectivity index (χ4v) is 4.72. The number of aromatic nitrogens is 4. The van der Waals surface area contributed by atoms with E-state index in [-0.39, 0.29) is 12.2 Å². The second kappa shape index (κ2) is 5.84. The van der Waals surface area contributed by atoms with Crippen LogP contribution in [-0.2, 0) is 0 Å². The predicted molar refractivity (Wildman–Crippen MR) is 103 cm³/mol. The number of nitrogens with zero attached hydrogens (tertiary/aromatic N) is 5. The van der Waals surface area contributed by atoms with Gasteiger partial charge < -0.3 is 4.52 Å². The highest BCUT2D eigenvalue weighted by atomic mass is 32.1. The largest absolute Gasteiger partial charge is 0.364 e. The molecule has 0 bridgehead atoms. The van der Waals surface area contributed by atoms with Crippen LogP contribution in [0.3, 0.4) is 0 Å². The van der Waals surface area contributed by atoms with Crippen LogP contribution < -0.4 is 0 Å². The zero-order chi connectivity index (χ0) is 19.5. The third-order valence-corrected chi connectivity index (χ3v) is 6.16. The topological polar surface area (TPSA) is 97.6 Å². The number of hydrogen-bond donors (Lipinski definition) is 0. The average molecular weight is 389 g/mol. The van der Waals surface area contributed by atoms with E-state index in [0.29, 0.717) is 27.8 Å². The van der Waals surface area contributed by atoms with Crippen molar-refractivity contribution in [1.29, 1.82) is 5.26 Å². The minimum absolute atomic E-state index is 0.0446. The predicted octanol–water partition coefficient (Wildman–Crippen LogP) is 4.36. The summed E-state index contributed by atoms with van der Waals surface area (Å²) in [6.45, 7) is 3.88. The molecule has 0 saturated carbocycles. The Balaban J connectivity index is 1.84. The van der Waals surface area contributed by atoms with E-state index < -0.39 is 11.3 Å². The molecule has 7 nitrogen and oxygen atoms in total. The van der Waals surface area contributed by atoms with Crippen molar-refractivity contribution in [3.63, 3.8) is 0 Å². The molecule has 8 heteroatoms. The van der Waals surface area contributed by atoms with Gasteiger partial charge in [-0.3, -0.25) is 4.79 Å². The van der Waals surface area contributed by atoms with Crippen LogP contribution in [0.1, 0.15) is 42.2 Å². The van der Waals surface area contributed by atoms with Crippen LogP contribution in [0.4, 0.5) is 0 Å². The number of carbonyl (C=O) groups is 1. The molecule has 1 unspecified atom stereocenters. The number of nitriles is 1. The summed E-state index contributed by atoms with van der Waals surface area (Å²) in [6, 6.07) is 11.9. The zero-order valence-electron chi connectivity index (χ0n) is 15.2. The standard InChI is InChI=1S/C20H15N5O2S/c1-20(2)9-14(26)16-17(13-7-8-27-24-13)23-25(18(16)11(20)10-21)19-22-12-5-3-4-6-15(12)28-19/h3-8,11H,9H2,1-2H3. The Kier molecular flexibility index (Phi) is 3.51. The van der Waals surface area contributed by atoms with Gasteiger partial charge in [0.05, 0.1) is 33.5 Å². The lowest BCUT2D eigenvalue weighted by atomic mass is 9.68. The molecule has 0 aliphatic heterocycles. The first-order valence-electron chi connectivity index (χ1n) is 8.82. The van der Waals surface area contributed by atoms with Crippen molar-refractivity contribution in [3.8, 4) is 22.6 Å². The van der Waals surface area contributed by atoms with Gasteiger partial charge in [-0.15, -0.1) is 0 Å². The van der Waals surface area contributed by atoms with E-state index in [1.165, 1.54) is 17.6 Å². The maximum atomic E-state index is 13.1. The average Bonchev–Trinajstić information content (AvgIpc) is 3.38. The van der Waals surface area contributed by atoms with Crippen LogP contribution in [0.5, 0.6) is 0 Å². The number of benzene rings is 1. The molecule has 28 heavy (non-hydrogen) atoms. The number of carbonyl (C=O) groups excluding carboxylic acids is 1. The minimum Gasteiger partial charge on any atom is -0.364 e. The fourth-order valence-electron chi connectivity index (χ4n) is 3.79. The third kappa shape index (κ3) is 2.33. The lowest BCUT2D eigenvalue weighted by Gasteiger charge is -2.33. The molecule has 0 saturated heterocycles. The molecule has 1 aromatic carbocycles. The first kappa shape index (κ1) is 16.8. The molecule has 3 aromatic heterocycles. The lowest BCUT2D eigenvalue weighted by Crippen LogP contribution is -2.32. The van der Waals surface area contributed by atoms with E-state index in [0.717, 1.165) is 10.2 Å². The Morgan fingerprint density at radius 1 is 1.32 bits per heavy atom. The van der Waals surface area contributed by atoms with Crippen molar-refractivity contribution in [2.24, 2.45) is 5.41 Å². The molecule has 1 aliphatic carbocycles. The maximum Gasteiger partial charge on any atom is 0.211 e. The molecule has 0 N–H and O–H groups in total. The highest BCUT2D eigenvalue weighted by Crippen LogP contribution is 2.48. The van der Waals surface area contributed by atoms with Crippen LogP contribution in [0.25, 0.3) is 26.7 Å². The van der Waals surface area contributed by atoms with Gasteiger partial charge in [0.15, 0.2) is 5.78 Å². The fraction of sp³-hybridized carbons (Fsp3) is 0.250. The van der Waals surface area contributed by atoms with Crippen LogP contribution >= 0.6 is 11.3 Å². The van der Waals surface area contributed by atoms with Gasteiger partial charge in [-0.2, -0.15) is 10.4 Å². The quantitative estimate of drug-likeness (QED) is 0.505. The Labute approximate surface area is 164 Å². The molecule has 4 aromatic rings. The molecule has 0 radical (unpaired) electrons. The lowest BCUT2D eigenvalue weighted by molar-refractivity contribution is 0.0900. The minimum atomic E-state index is -0.506. The molecule has 0 spiro atoms. The second-order valence-corrected chi connectivity index (χ2v) is 8.53. The van der Waals surface area contributed by atoms with Crippen LogP contribution in [0.2, 0.25) is 0 Å². The number of ketones is 1. The molecule has 0 amide bonds. The van der Waals surface area contributed by atoms with Crippen LogP contribution in [0, 0.1) is 16.7 Å². The summed E-state index contributed by atoms with van der Waals surface area (Å²) in [5.74, 6) is -0.544. The molecule has 0 fully saturated rings. The monoisotopic (exact) mass is 389 g/mol. The Bertz CT molecular complexity index is 1230. The van der Waals surface area contributed by atoms with Crippen molar-refractivity contribution >= 4 is 27.3 Å². The normalized spacial score (nSPS) is 18.2. The molecular weight excluding hydrogens is 374 g/mol. The number of para-hydroxylation sites is 1. The summed E-state index contributed by atoms with van der Waals surface area (Å²) in [5, 5.41) is 19.2. The van der Waals surface area contributed by atoms with Gasteiger partial charge in [-0.1, -0.05) is 42.5 Å². The Morgan fingerprint density at radius 2 is 2.14 bits per heavy atom. The van der Waals surface area contributed by atoms with Crippen LogP contribution in [-0.4, -0.2) is 25.7 Å². The number of rotatable bonds is 2. The first-order valence-corrected chi connectivity index (χ1v) is 9.63. The van der Waals surface area contributed by atoms with E-state index in [4.69, 9.17) is 4.52 Å². The molecule has 5 rings (SSSR count). The van der Waals surface area contributed by atoms with Gasteiger partial charge in [-0.05, 0) is 17.5 Å². The Hall–Kier alpha value is -3.31. The first-order chi connectivity index (χ1) is 13.5. The molecule has 138 valence electrons. The second-order valence-electron chi connectivity index (χ2n) is 7.52. The van der Waals surface area contributed by atoms with Gasteiger partial charge in [0, 0.05) is 12.5 Å². The van der Waals surface area contributed by atoms with Gasteiger partial charge in [0.2, 0.25) is 5.13 Å². The molecule has 1 atom stereocenters. The van der Waals surface area contributed by atoms with Gasteiger partial charge in [-0.25, -0.2) is 9.67 Å². The highest BCUT2D eigenvalue weighted by molar-refractivity contribution is 7.20. The summed E-state index contributed by atoms with van der Waals surface area (Å²) in [5.41, 5.74) is 2.28. The summed E-state index contributed by atoms with van der Waals surface area (Å²) >= 11 is 1.47. The van der Waals surface area contributed by atoms with Crippen molar-refractivity contribution in [3.05, 3.63) is 47.9 Å². The van der Waals surface area contributed by atoms with Gasteiger partial charge in [0.25, 0.3) is 0 Å². The number of fused-ring (bicyclic) bond motifs is 2. The summed E-state index contributed by atoms with van der Waals surface area (Å²) in [6.07, 6.45) is 1.71. The van der Waals surface area contributed by atoms with Crippen molar-refractivity contribution in [1.82, 2.24) is 19.9 Å². The van der Waals surface area contributed by atoms with E-state index >= 15 is 0 Å². The molecule has 3 heterocycles. The van der Waals surface area contributed by atoms with Crippen molar-refractivity contribution in [2.45, 2.75) is 26.2 Å². The van der Waals surface area contributed by atoms with Crippen molar-refractivity contribution < 1.29 is 9.32 Å². The zero-order valence-corrected chi connectivity index (χ0v) is 16.0. The third-order valence-electron chi connectivity index (χ3n) is 5.14. The molecular formula is C20H15N5O2S.